The van der Waals surface area contributed by atoms with Gasteiger partial charge in [0.1, 0.15) is 0 Å². The van der Waals surface area contributed by atoms with Crippen LogP contribution in [0.2, 0.25) is 0 Å². The van der Waals surface area contributed by atoms with E-state index in [2.05, 4.69) is 10.5 Å². The molecule has 156 valence electrons. The highest BCUT2D eigenvalue weighted by Gasteiger charge is 2.46. The molecule has 4 aliphatic carbocycles. The first kappa shape index (κ1) is 19.2. The number of carbonyl (C=O) groups excluding carboxylic acids is 1. The fourth-order valence-corrected chi connectivity index (χ4v) is 7.65. The van der Waals surface area contributed by atoms with Crippen molar-refractivity contribution in [3.63, 3.8) is 0 Å². The number of rotatable bonds is 4. The minimum absolute atomic E-state index is 0.189. The number of hydrogen-bond donors (Lipinski definition) is 1. The molecule has 6 nitrogen and oxygen atoms in total. The van der Waals surface area contributed by atoms with Gasteiger partial charge < -0.3 is 0 Å². The van der Waals surface area contributed by atoms with Crippen molar-refractivity contribution in [2.24, 2.45) is 28.8 Å². The molecule has 0 aromatic heterocycles. The Morgan fingerprint density at radius 1 is 0.966 bits per heavy atom. The van der Waals surface area contributed by atoms with Crippen LogP contribution in [-0.2, 0) is 10.0 Å². The third-order valence-corrected chi connectivity index (χ3v) is 9.20. The second-order valence-electron chi connectivity index (χ2n) is 9.27. The SMILES string of the molecule is O=C(NN=C1C2CC3CC(C2)CC1C3)c1cccc(S(=O)(=O)N2CCCCC2)c1. The third kappa shape index (κ3) is 3.63. The number of hydrogen-bond acceptors (Lipinski definition) is 4. The van der Waals surface area contributed by atoms with Gasteiger partial charge in [-0.25, -0.2) is 13.8 Å². The lowest BCUT2D eigenvalue weighted by molar-refractivity contribution is 0.0942. The van der Waals surface area contributed by atoms with Gasteiger partial charge in [0, 0.05) is 24.4 Å². The standard InChI is InChI=1S/C22H29N3O3S/c26-22(24-23-21-18-10-15-9-16(12-18)13-19(21)11-15)17-5-4-6-20(14-17)29(27,28)25-7-2-1-3-8-25/h4-6,14-16,18-19H,1-3,7-13H2,(H,24,26). The van der Waals surface area contributed by atoms with Gasteiger partial charge >= 0.3 is 0 Å². The normalized spacial score (nSPS) is 31.7. The Kier molecular flexibility index (Phi) is 4.98. The molecule has 5 aliphatic rings. The second-order valence-corrected chi connectivity index (χ2v) is 11.2. The first-order chi connectivity index (χ1) is 14.0. The molecule has 0 atom stereocenters. The van der Waals surface area contributed by atoms with Gasteiger partial charge in [0.05, 0.1) is 4.90 Å². The van der Waals surface area contributed by atoms with Gasteiger partial charge in [-0.3, -0.25) is 4.79 Å². The zero-order chi connectivity index (χ0) is 20.0. The van der Waals surface area contributed by atoms with Gasteiger partial charge in [0.25, 0.3) is 5.91 Å². The van der Waals surface area contributed by atoms with Crippen molar-refractivity contribution < 1.29 is 13.2 Å². The van der Waals surface area contributed by atoms with Crippen molar-refractivity contribution in [2.75, 3.05) is 13.1 Å². The van der Waals surface area contributed by atoms with Crippen molar-refractivity contribution >= 4 is 21.6 Å². The number of piperidine rings is 1. The van der Waals surface area contributed by atoms with E-state index in [1.165, 1.54) is 48.2 Å². The molecular formula is C22H29N3O3S. The molecule has 5 fully saturated rings. The predicted octanol–water partition coefficient (Wildman–Crippen LogP) is 3.40. The van der Waals surface area contributed by atoms with E-state index < -0.39 is 10.0 Å². The minimum Gasteiger partial charge on any atom is -0.267 e. The molecular weight excluding hydrogens is 386 g/mol. The van der Waals surface area contributed by atoms with Crippen LogP contribution < -0.4 is 5.43 Å². The van der Waals surface area contributed by atoms with E-state index in [1.54, 1.807) is 18.2 Å². The molecule has 0 radical (unpaired) electrons. The fourth-order valence-electron chi connectivity index (χ4n) is 6.08. The van der Waals surface area contributed by atoms with Crippen molar-refractivity contribution in [1.82, 2.24) is 9.73 Å². The topological polar surface area (TPSA) is 78.8 Å². The lowest BCUT2D eigenvalue weighted by Gasteiger charge is -2.50. The fraction of sp³-hybridized carbons (Fsp3) is 0.636. The molecule has 1 N–H and O–H groups in total. The van der Waals surface area contributed by atoms with Crippen LogP contribution in [0.25, 0.3) is 0 Å². The highest BCUT2D eigenvalue weighted by atomic mass is 32.2. The van der Waals surface area contributed by atoms with Crippen LogP contribution in [0.1, 0.15) is 61.7 Å². The number of sulfonamides is 1. The Balaban J connectivity index is 1.31. The summed E-state index contributed by atoms with van der Waals surface area (Å²) in [5, 5.41) is 4.54. The van der Waals surface area contributed by atoms with Crippen LogP contribution >= 0.6 is 0 Å². The summed E-state index contributed by atoms with van der Waals surface area (Å²) in [5.74, 6) is 2.42. The summed E-state index contributed by atoms with van der Waals surface area (Å²) in [5.41, 5.74) is 4.24. The summed E-state index contributed by atoms with van der Waals surface area (Å²) in [4.78, 5) is 12.9. The van der Waals surface area contributed by atoms with Gasteiger partial charge in [-0.15, -0.1) is 0 Å². The van der Waals surface area contributed by atoms with Crippen LogP contribution in [0, 0.1) is 23.7 Å². The average Bonchev–Trinajstić information content (AvgIpc) is 2.73. The molecule has 1 aromatic rings. The predicted molar refractivity (Wildman–Crippen MR) is 111 cm³/mol. The minimum atomic E-state index is -3.55. The van der Waals surface area contributed by atoms with Gasteiger partial charge in [0.15, 0.2) is 0 Å². The molecule has 1 saturated heterocycles. The van der Waals surface area contributed by atoms with Crippen molar-refractivity contribution in [1.29, 1.82) is 0 Å². The van der Waals surface area contributed by atoms with Crippen LogP contribution in [0.5, 0.6) is 0 Å². The number of nitrogens with zero attached hydrogens (tertiary/aromatic N) is 2. The third-order valence-electron chi connectivity index (χ3n) is 7.31. The summed E-state index contributed by atoms with van der Waals surface area (Å²) in [6, 6.07) is 6.35. The van der Waals surface area contributed by atoms with Crippen LogP contribution in [0.15, 0.2) is 34.3 Å². The van der Waals surface area contributed by atoms with E-state index in [1.807, 2.05) is 0 Å². The lowest BCUT2D eigenvalue weighted by Crippen LogP contribution is -2.46. The van der Waals surface area contributed by atoms with Crippen LogP contribution in [-0.4, -0.2) is 37.4 Å². The summed E-state index contributed by atoms with van der Waals surface area (Å²) < 4.78 is 27.3. The maximum Gasteiger partial charge on any atom is 0.271 e. The number of carbonyl (C=O) groups is 1. The monoisotopic (exact) mass is 415 g/mol. The zero-order valence-electron chi connectivity index (χ0n) is 16.7. The Labute approximate surface area is 172 Å². The number of benzene rings is 1. The molecule has 29 heavy (non-hydrogen) atoms. The summed E-state index contributed by atoms with van der Waals surface area (Å²) in [6.07, 6.45) is 9.08. The van der Waals surface area contributed by atoms with Crippen LogP contribution in [0.4, 0.5) is 0 Å². The molecule has 1 aromatic carbocycles. The maximum absolute atomic E-state index is 12.9. The van der Waals surface area contributed by atoms with E-state index in [9.17, 15) is 13.2 Å². The lowest BCUT2D eigenvalue weighted by atomic mass is 9.55. The molecule has 6 rings (SSSR count). The summed E-state index contributed by atoms with van der Waals surface area (Å²) >= 11 is 0. The van der Waals surface area contributed by atoms with E-state index in [0.717, 1.165) is 31.1 Å². The van der Waals surface area contributed by atoms with E-state index >= 15 is 0 Å². The van der Waals surface area contributed by atoms with Crippen molar-refractivity contribution in [3.8, 4) is 0 Å². The first-order valence-corrected chi connectivity index (χ1v) is 12.4. The average molecular weight is 416 g/mol. The Bertz CT molecular complexity index is 904. The van der Waals surface area contributed by atoms with Crippen molar-refractivity contribution in [3.05, 3.63) is 29.8 Å². The molecule has 1 amide bonds. The van der Waals surface area contributed by atoms with E-state index in [-0.39, 0.29) is 10.8 Å². The molecule has 4 saturated carbocycles. The summed E-state index contributed by atoms with van der Waals surface area (Å²) in [6.45, 7) is 1.11. The van der Waals surface area contributed by atoms with E-state index in [4.69, 9.17) is 0 Å². The zero-order valence-corrected chi connectivity index (χ0v) is 17.5. The van der Waals surface area contributed by atoms with Gasteiger partial charge in [0.2, 0.25) is 10.0 Å². The van der Waals surface area contributed by atoms with Crippen molar-refractivity contribution in [2.45, 2.75) is 56.3 Å². The number of nitrogens with one attached hydrogen (secondary N) is 1. The largest absolute Gasteiger partial charge is 0.271 e. The van der Waals surface area contributed by atoms with Crippen LogP contribution in [0.3, 0.4) is 0 Å². The van der Waals surface area contributed by atoms with E-state index in [0.29, 0.717) is 30.5 Å². The smallest absolute Gasteiger partial charge is 0.267 e. The van der Waals surface area contributed by atoms with Gasteiger partial charge in [-0.2, -0.15) is 9.41 Å². The first-order valence-electron chi connectivity index (χ1n) is 11.0. The number of hydrazone groups is 1. The molecule has 0 unspecified atom stereocenters. The van der Waals surface area contributed by atoms with Gasteiger partial charge in [-0.1, -0.05) is 12.5 Å². The molecule has 7 heteroatoms. The highest BCUT2D eigenvalue weighted by molar-refractivity contribution is 7.89. The highest BCUT2D eigenvalue weighted by Crippen LogP contribution is 2.52. The molecule has 1 aliphatic heterocycles. The molecule has 1 heterocycles. The quantitative estimate of drug-likeness (QED) is 0.766. The van der Waals surface area contributed by atoms with Gasteiger partial charge in [-0.05, 0) is 86.8 Å². The molecule has 4 bridgehead atoms. The Morgan fingerprint density at radius 3 is 2.28 bits per heavy atom. The molecule has 0 spiro atoms. The second kappa shape index (κ2) is 7.51. The maximum atomic E-state index is 12.9. The Morgan fingerprint density at radius 2 is 1.62 bits per heavy atom. The number of amides is 1. The summed E-state index contributed by atoms with van der Waals surface area (Å²) in [7, 11) is -3.55. The Hall–Kier alpha value is -1.73.